The molecule has 0 aliphatic heterocycles. The summed E-state index contributed by atoms with van der Waals surface area (Å²) in [5.41, 5.74) is 0. The van der Waals surface area contributed by atoms with E-state index in [0.717, 1.165) is 77.0 Å². The predicted octanol–water partition coefficient (Wildman–Crippen LogP) is 18.1. The van der Waals surface area contributed by atoms with E-state index in [1.54, 1.807) is 0 Å². The summed E-state index contributed by atoms with van der Waals surface area (Å²) in [6, 6.07) is 0. The summed E-state index contributed by atoms with van der Waals surface area (Å²) < 4.78 is 16.8. The normalized spacial score (nSPS) is 12.2. The van der Waals surface area contributed by atoms with Crippen LogP contribution in [0.1, 0.15) is 290 Å². The van der Waals surface area contributed by atoms with Crippen molar-refractivity contribution in [1.29, 1.82) is 0 Å². The molecule has 0 N–H and O–H groups in total. The van der Waals surface area contributed by atoms with Gasteiger partial charge in [-0.2, -0.15) is 0 Å². The average Bonchev–Trinajstić information content (AvgIpc) is 3.28. The van der Waals surface area contributed by atoms with Gasteiger partial charge in [0.2, 0.25) is 0 Å². The lowest BCUT2D eigenvalue weighted by Crippen LogP contribution is -2.30. The minimum atomic E-state index is -0.774. The predicted molar refractivity (Wildman–Crippen MR) is 270 cm³/mol. The standard InChI is InChI=1S/C57H104O6/c1-4-7-10-13-16-19-22-24-26-27-28-29-31-33-36-38-41-44-47-50-56(59)62-53-54(63-57(60)51-48-45-42-39-34-21-18-15-12-9-6-3)52-61-55(58)49-46-43-40-37-35-32-30-25-23-20-17-14-11-8-5-2/h17,20,24-26,30,54H,4-16,18-19,21-23,27-29,31-53H2,1-3H3/b20-17-,26-24-,30-25-/t54-/m1/s1. The first-order chi connectivity index (χ1) is 31.0. The lowest BCUT2D eigenvalue weighted by Gasteiger charge is -2.18. The highest BCUT2D eigenvalue weighted by molar-refractivity contribution is 5.71. The second-order valence-electron chi connectivity index (χ2n) is 18.5. The molecule has 0 unspecified atom stereocenters. The number of hydrogen-bond donors (Lipinski definition) is 0. The van der Waals surface area contributed by atoms with Crippen molar-refractivity contribution >= 4 is 17.9 Å². The molecule has 0 spiro atoms. The monoisotopic (exact) mass is 885 g/mol. The molecule has 0 aromatic heterocycles. The van der Waals surface area contributed by atoms with Crippen molar-refractivity contribution in [1.82, 2.24) is 0 Å². The van der Waals surface area contributed by atoms with Gasteiger partial charge in [-0.1, -0.05) is 231 Å². The van der Waals surface area contributed by atoms with Crippen LogP contribution >= 0.6 is 0 Å². The van der Waals surface area contributed by atoms with Gasteiger partial charge in [0.05, 0.1) is 0 Å². The minimum Gasteiger partial charge on any atom is -0.462 e. The van der Waals surface area contributed by atoms with Gasteiger partial charge in [-0.05, 0) is 77.0 Å². The van der Waals surface area contributed by atoms with Gasteiger partial charge in [-0.3, -0.25) is 14.4 Å². The molecule has 0 rings (SSSR count). The molecule has 0 aromatic rings. The van der Waals surface area contributed by atoms with Gasteiger partial charge in [-0.15, -0.1) is 0 Å². The fraction of sp³-hybridized carbons (Fsp3) is 0.842. The Hall–Kier alpha value is -2.37. The van der Waals surface area contributed by atoms with Crippen molar-refractivity contribution in [3.63, 3.8) is 0 Å². The minimum absolute atomic E-state index is 0.0747. The van der Waals surface area contributed by atoms with E-state index in [4.69, 9.17) is 14.2 Å². The Bertz CT molecular complexity index is 1060. The van der Waals surface area contributed by atoms with E-state index in [-0.39, 0.29) is 31.1 Å². The Kier molecular flexibility index (Phi) is 50.3. The Balaban J connectivity index is 4.31. The van der Waals surface area contributed by atoms with E-state index < -0.39 is 6.10 Å². The number of esters is 3. The maximum atomic E-state index is 12.8. The average molecular weight is 885 g/mol. The molecular formula is C57H104O6. The van der Waals surface area contributed by atoms with Crippen LogP contribution in [0.3, 0.4) is 0 Å². The third-order valence-corrected chi connectivity index (χ3v) is 12.1. The highest BCUT2D eigenvalue weighted by Gasteiger charge is 2.19. The molecule has 0 saturated heterocycles. The first-order valence-corrected chi connectivity index (χ1v) is 27.5. The van der Waals surface area contributed by atoms with Gasteiger partial charge in [0, 0.05) is 19.3 Å². The van der Waals surface area contributed by atoms with Crippen LogP contribution in [0.25, 0.3) is 0 Å². The Morgan fingerprint density at radius 2 is 0.571 bits per heavy atom. The molecule has 0 aliphatic rings. The van der Waals surface area contributed by atoms with Gasteiger partial charge in [0.15, 0.2) is 6.10 Å². The largest absolute Gasteiger partial charge is 0.462 e. The number of rotatable bonds is 50. The molecule has 0 fully saturated rings. The smallest absolute Gasteiger partial charge is 0.306 e. The van der Waals surface area contributed by atoms with Crippen molar-refractivity contribution in [2.24, 2.45) is 0 Å². The number of allylic oxidation sites excluding steroid dienone is 6. The summed E-state index contributed by atoms with van der Waals surface area (Å²) in [7, 11) is 0. The van der Waals surface area contributed by atoms with Crippen LogP contribution in [0.5, 0.6) is 0 Å². The molecule has 6 nitrogen and oxygen atoms in total. The second kappa shape index (κ2) is 52.3. The third-order valence-electron chi connectivity index (χ3n) is 12.1. The van der Waals surface area contributed by atoms with Crippen LogP contribution in [0.4, 0.5) is 0 Å². The van der Waals surface area contributed by atoms with Crippen LogP contribution in [-0.2, 0) is 28.6 Å². The molecule has 368 valence electrons. The number of ether oxygens (including phenoxy) is 3. The number of hydrogen-bond acceptors (Lipinski definition) is 6. The summed E-state index contributed by atoms with van der Waals surface area (Å²) in [6.07, 6.45) is 61.3. The Morgan fingerprint density at radius 1 is 0.317 bits per heavy atom. The van der Waals surface area contributed by atoms with E-state index in [9.17, 15) is 14.4 Å². The third kappa shape index (κ3) is 50.5. The molecule has 63 heavy (non-hydrogen) atoms. The zero-order chi connectivity index (χ0) is 45.8. The van der Waals surface area contributed by atoms with Crippen LogP contribution in [0, 0.1) is 0 Å². The van der Waals surface area contributed by atoms with Crippen LogP contribution < -0.4 is 0 Å². The summed E-state index contributed by atoms with van der Waals surface area (Å²) in [6.45, 7) is 6.61. The molecule has 0 saturated carbocycles. The maximum Gasteiger partial charge on any atom is 0.306 e. The van der Waals surface area contributed by atoms with Crippen molar-refractivity contribution < 1.29 is 28.6 Å². The van der Waals surface area contributed by atoms with Crippen LogP contribution in [-0.4, -0.2) is 37.2 Å². The van der Waals surface area contributed by atoms with E-state index in [1.165, 1.54) is 173 Å². The van der Waals surface area contributed by atoms with E-state index in [1.807, 2.05) is 0 Å². The number of carbonyl (C=O) groups excluding carboxylic acids is 3. The van der Waals surface area contributed by atoms with Gasteiger partial charge >= 0.3 is 17.9 Å². The molecule has 0 bridgehead atoms. The highest BCUT2D eigenvalue weighted by Crippen LogP contribution is 2.16. The number of carbonyl (C=O) groups is 3. The summed E-state index contributed by atoms with van der Waals surface area (Å²) in [5, 5.41) is 0. The lowest BCUT2D eigenvalue weighted by molar-refractivity contribution is -0.167. The Labute approximate surface area is 391 Å². The quantitative estimate of drug-likeness (QED) is 0.0262. The van der Waals surface area contributed by atoms with Crippen LogP contribution in [0.2, 0.25) is 0 Å². The highest BCUT2D eigenvalue weighted by atomic mass is 16.6. The SMILES string of the molecule is CCCCC/C=C\C/C=C\CCCCCCCC(=O)OC[C@H](COC(=O)CCCCCCCCCCC/C=C\CCCCCCCC)OC(=O)CCCCCCCCCCCCC. The van der Waals surface area contributed by atoms with Gasteiger partial charge in [0.1, 0.15) is 13.2 Å². The summed E-state index contributed by atoms with van der Waals surface area (Å²) in [4.78, 5) is 38.0. The van der Waals surface area contributed by atoms with Crippen molar-refractivity contribution in [2.75, 3.05) is 13.2 Å². The maximum absolute atomic E-state index is 12.8. The Morgan fingerprint density at radius 3 is 0.921 bits per heavy atom. The zero-order valence-electron chi connectivity index (χ0n) is 42.1. The molecule has 0 heterocycles. The van der Waals surface area contributed by atoms with Crippen LogP contribution in [0.15, 0.2) is 36.5 Å². The van der Waals surface area contributed by atoms with Gasteiger partial charge in [-0.25, -0.2) is 0 Å². The fourth-order valence-electron chi connectivity index (χ4n) is 7.94. The first kappa shape index (κ1) is 60.6. The molecule has 0 amide bonds. The topological polar surface area (TPSA) is 78.9 Å². The lowest BCUT2D eigenvalue weighted by atomic mass is 10.1. The van der Waals surface area contributed by atoms with E-state index in [2.05, 4.69) is 57.2 Å². The molecule has 6 heteroatoms. The van der Waals surface area contributed by atoms with Crippen molar-refractivity contribution in [3.8, 4) is 0 Å². The van der Waals surface area contributed by atoms with Crippen molar-refractivity contribution in [2.45, 2.75) is 297 Å². The molecule has 0 radical (unpaired) electrons. The van der Waals surface area contributed by atoms with E-state index in [0.29, 0.717) is 19.3 Å². The summed E-state index contributed by atoms with van der Waals surface area (Å²) >= 11 is 0. The van der Waals surface area contributed by atoms with E-state index >= 15 is 0 Å². The zero-order valence-corrected chi connectivity index (χ0v) is 42.1. The first-order valence-electron chi connectivity index (χ1n) is 27.5. The summed E-state index contributed by atoms with van der Waals surface area (Å²) in [5.74, 6) is -0.879. The number of unbranched alkanes of at least 4 members (excludes halogenated alkanes) is 33. The van der Waals surface area contributed by atoms with Gasteiger partial charge in [0.25, 0.3) is 0 Å². The van der Waals surface area contributed by atoms with Gasteiger partial charge < -0.3 is 14.2 Å². The fourth-order valence-corrected chi connectivity index (χ4v) is 7.94. The molecule has 0 aromatic carbocycles. The van der Waals surface area contributed by atoms with Crippen molar-refractivity contribution in [3.05, 3.63) is 36.5 Å². The molecular weight excluding hydrogens is 781 g/mol. The second-order valence-corrected chi connectivity index (χ2v) is 18.5. The molecule has 1 atom stereocenters. The molecule has 0 aliphatic carbocycles.